The standard InChI is InChI=1S/C13H20BrN3O/c1-10(2)17(3)6-4-5-16-13(18)11-7-12(14)9-15-8-11/h7-10H,4-6H2,1-3H3,(H,16,18). The fourth-order valence-electron chi connectivity index (χ4n) is 1.43. The first-order valence-corrected chi connectivity index (χ1v) is 6.89. The number of nitrogens with zero attached hydrogens (tertiary/aromatic N) is 2. The number of hydrogen-bond donors (Lipinski definition) is 1. The average molecular weight is 314 g/mol. The molecule has 4 nitrogen and oxygen atoms in total. The van der Waals surface area contributed by atoms with Gasteiger partial charge in [-0.15, -0.1) is 0 Å². The molecule has 0 aliphatic carbocycles. The maximum absolute atomic E-state index is 11.8. The maximum Gasteiger partial charge on any atom is 0.252 e. The van der Waals surface area contributed by atoms with Crippen molar-refractivity contribution in [3.8, 4) is 0 Å². The first-order chi connectivity index (χ1) is 8.50. The molecule has 1 amide bonds. The fraction of sp³-hybridized carbons (Fsp3) is 0.538. The van der Waals surface area contributed by atoms with Gasteiger partial charge in [-0.2, -0.15) is 0 Å². The number of hydrogen-bond acceptors (Lipinski definition) is 3. The van der Waals surface area contributed by atoms with Crippen LogP contribution in [0.2, 0.25) is 0 Å². The Morgan fingerprint density at radius 3 is 2.83 bits per heavy atom. The second-order valence-electron chi connectivity index (χ2n) is 4.58. The number of rotatable bonds is 6. The van der Waals surface area contributed by atoms with Crippen LogP contribution in [0.15, 0.2) is 22.9 Å². The zero-order valence-electron chi connectivity index (χ0n) is 11.1. The normalized spacial score (nSPS) is 11.0. The Morgan fingerprint density at radius 2 is 2.22 bits per heavy atom. The van der Waals surface area contributed by atoms with Crippen molar-refractivity contribution < 1.29 is 4.79 Å². The fourth-order valence-corrected chi connectivity index (χ4v) is 1.79. The minimum Gasteiger partial charge on any atom is -0.352 e. The van der Waals surface area contributed by atoms with Gasteiger partial charge in [0, 0.05) is 29.5 Å². The first kappa shape index (κ1) is 15.1. The van der Waals surface area contributed by atoms with Gasteiger partial charge in [0.25, 0.3) is 5.91 Å². The van der Waals surface area contributed by atoms with Crippen molar-refractivity contribution in [2.75, 3.05) is 20.1 Å². The highest BCUT2D eigenvalue weighted by molar-refractivity contribution is 9.10. The molecule has 0 fully saturated rings. The number of pyridine rings is 1. The zero-order chi connectivity index (χ0) is 13.5. The van der Waals surface area contributed by atoms with Gasteiger partial charge >= 0.3 is 0 Å². The lowest BCUT2D eigenvalue weighted by molar-refractivity contribution is 0.0951. The second kappa shape index (κ2) is 7.48. The third-order valence-electron chi connectivity index (χ3n) is 2.82. The predicted octanol–water partition coefficient (Wildman–Crippen LogP) is 2.30. The van der Waals surface area contributed by atoms with Crippen molar-refractivity contribution >= 4 is 21.8 Å². The van der Waals surface area contributed by atoms with Gasteiger partial charge in [-0.05, 0) is 55.9 Å². The first-order valence-electron chi connectivity index (χ1n) is 6.09. The number of carbonyl (C=O) groups excluding carboxylic acids is 1. The highest BCUT2D eigenvalue weighted by Crippen LogP contribution is 2.09. The van der Waals surface area contributed by atoms with Crippen molar-refractivity contribution in [3.63, 3.8) is 0 Å². The third kappa shape index (κ3) is 5.14. The van der Waals surface area contributed by atoms with E-state index in [9.17, 15) is 4.79 Å². The summed E-state index contributed by atoms with van der Waals surface area (Å²) in [5.41, 5.74) is 0.585. The Balaban J connectivity index is 2.30. The van der Waals surface area contributed by atoms with E-state index < -0.39 is 0 Å². The summed E-state index contributed by atoms with van der Waals surface area (Å²) in [4.78, 5) is 18.0. The molecule has 0 aliphatic rings. The van der Waals surface area contributed by atoms with Gasteiger partial charge in [0.15, 0.2) is 0 Å². The molecule has 0 aromatic carbocycles. The molecule has 0 unspecified atom stereocenters. The van der Waals surface area contributed by atoms with Gasteiger partial charge in [0.1, 0.15) is 0 Å². The van der Waals surface area contributed by atoms with Crippen LogP contribution >= 0.6 is 15.9 Å². The molecule has 0 saturated heterocycles. The van der Waals surface area contributed by atoms with Crippen LogP contribution in [0.5, 0.6) is 0 Å². The Kier molecular flexibility index (Phi) is 6.29. The molecule has 1 aromatic heterocycles. The quantitative estimate of drug-likeness (QED) is 0.820. The van der Waals surface area contributed by atoms with Gasteiger partial charge in [-0.3, -0.25) is 9.78 Å². The lowest BCUT2D eigenvalue weighted by Crippen LogP contribution is -2.31. The summed E-state index contributed by atoms with van der Waals surface area (Å²) in [5.74, 6) is -0.0731. The van der Waals surface area contributed by atoms with E-state index in [2.05, 4.69) is 52.0 Å². The van der Waals surface area contributed by atoms with Crippen LogP contribution in [0.4, 0.5) is 0 Å². The van der Waals surface area contributed by atoms with Crippen molar-refractivity contribution in [2.24, 2.45) is 0 Å². The smallest absolute Gasteiger partial charge is 0.252 e. The van der Waals surface area contributed by atoms with Gasteiger partial charge < -0.3 is 10.2 Å². The molecular formula is C13H20BrN3O. The van der Waals surface area contributed by atoms with Gasteiger partial charge in [-0.25, -0.2) is 0 Å². The highest BCUT2D eigenvalue weighted by Gasteiger charge is 2.06. The van der Waals surface area contributed by atoms with E-state index in [4.69, 9.17) is 0 Å². The topological polar surface area (TPSA) is 45.2 Å². The van der Waals surface area contributed by atoms with Crippen molar-refractivity contribution in [1.82, 2.24) is 15.2 Å². The van der Waals surface area contributed by atoms with E-state index in [1.165, 1.54) is 0 Å². The van der Waals surface area contributed by atoms with Gasteiger partial charge in [0.2, 0.25) is 0 Å². The molecular weight excluding hydrogens is 294 g/mol. The molecule has 18 heavy (non-hydrogen) atoms. The summed E-state index contributed by atoms with van der Waals surface area (Å²) >= 11 is 3.30. The van der Waals surface area contributed by atoms with Crippen LogP contribution < -0.4 is 5.32 Å². The molecule has 0 atom stereocenters. The average Bonchev–Trinajstić information content (AvgIpc) is 2.33. The predicted molar refractivity (Wildman–Crippen MR) is 76.7 cm³/mol. The summed E-state index contributed by atoms with van der Waals surface area (Å²) in [6, 6.07) is 2.30. The number of halogens is 1. The number of nitrogens with one attached hydrogen (secondary N) is 1. The van der Waals surface area contributed by atoms with E-state index in [0.29, 0.717) is 18.2 Å². The second-order valence-corrected chi connectivity index (χ2v) is 5.49. The number of aromatic nitrogens is 1. The molecule has 1 heterocycles. The Hall–Kier alpha value is -0.940. The van der Waals surface area contributed by atoms with E-state index in [1.807, 2.05) is 0 Å². The largest absolute Gasteiger partial charge is 0.352 e. The van der Waals surface area contributed by atoms with E-state index in [-0.39, 0.29) is 5.91 Å². The van der Waals surface area contributed by atoms with Gasteiger partial charge in [-0.1, -0.05) is 0 Å². The Morgan fingerprint density at radius 1 is 1.50 bits per heavy atom. The minimum atomic E-state index is -0.0731. The molecule has 5 heteroatoms. The van der Waals surface area contributed by atoms with Crippen LogP contribution in [0, 0.1) is 0 Å². The lowest BCUT2D eigenvalue weighted by Gasteiger charge is -2.20. The molecule has 0 bridgehead atoms. The number of carbonyl (C=O) groups is 1. The van der Waals surface area contributed by atoms with Crippen LogP contribution in [0.1, 0.15) is 30.6 Å². The summed E-state index contributed by atoms with van der Waals surface area (Å²) < 4.78 is 0.815. The van der Waals surface area contributed by atoms with E-state index in [1.54, 1.807) is 18.5 Å². The molecule has 0 aliphatic heterocycles. The Bertz CT molecular complexity index is 396. The van der Waals surface area contributed by atoms with Crippen LogP contribution in [0.3, 0.4) is 0 Å². The van der Waals surface area contributed by atoms with Crippen molar-refractivity contribution in [1.29, 1.82) is 0 Å². The lowest BCUT2D eigenvalue weighted by atomic mass is 10.2. The summed E-state index contributed by atoms with van der Waals surface area (Å²) in [6.45, 7) is 5.98. The monoisotopic (exact) mass is 313 g/mol. The van der Waals surface area contributed by atoms with Crippen molar-refractivity contribution in [3.05, 3.63) is 28.5 Å². The van der Waals surface area contributed by atoms with Crippen LogP contribution in [-0.2, 0) is 0 Å². The number of amides is 1. The highest BCUT2D eigenvalue weighted by atomic mass is 79.9. The molecule has 100 valence electrons. The van der Waals surface area contributed by atoms with Gasteiger partial charge in [0.05, 0.1) is 5.56 Å². The van der Waals surface area contributed by atoms with E-state index in [0.717, 1.165) is 17.4 Å². The zero-order valence-corrected chi connectivity index (χ0v) is 12.7. The molecule has 0 spiro atoms. The maximum atomic E-state index is 11.8. The summed E-state index contributed by atoms with van der Waals surface area (Å²) in [7, 11) is 2.09. The molecule has 0 saturated carbocycles. The van der Waals surface area contributed by atoms with Crippen molar-refractivity contribution in [2.45, 2.75) is 26.3 Å². The molecule has 1 N–H and O–H groups in total. The summed E-state index contributed by atoms with van der Waals surface area (Å²) in [6.07, 6.45) is 4.18. The molecule has 0 radical (unpaired) electrons. The Labute approximate surface area is 117 Å². The van der Waals surface area contributed by atoms with Crippen LogP contribution in [0.25, 0.3) is 0 Å². The minimum absolute atomic E-state index is 0.0731. The molecule has 1 aromatic rings. The summed E-state index contributed by atoms with van der Waals surface area (Å²) in [5, 5.41) is 2.89. The third-order valence-corrected chi connectivity index (χ3v) is 3.26. The van der Waals surface area contributed by atoms with E-state index >= 15 is 0 Å². The SMILES string of the molecule is CC(C)N(C)CCCNC(=O)c1cncc(Br)c1. The van der Waals surface area contributed by atoms with Crippen LogP contribution in [-0.4, -0.2) is 42.0 Å². The molecule has 1 rings (SSSR count).